The smallest absolute Gasteiger partial charge is 0.169 e. The van der Waals surface area contributed by atoms with Crippen LogP contribution in [0.4, 0.5) is 4.39 Å². The van der Waals surface area contributed by atoms with E-state index in [1.807, 2.05) is 12.1 Å². The number of nitrogens with two attached hydrogens (primary N) is 1. The molecule has 1 aliphatic carbocycles. The lowest BCUT2D eigenvalue weighted by atomic mass is 10.0. The van der Waals surface area contributed by atoms with Crippen LogP contribution in [-0.4, -0.2) is 13.2 Å². The predicted molar refractivity (Wildman–Crippen MR) is 69.8 cm³/mol. The molecule has 3 N–H and O–H groups in total. The average Bonchev–Trinajstić information content (AvgIpc) is 3.15. The summed E-state index contributed by atoms with van der Waals surface area (Å²) >= 11 is 0. The van der Waals surface area contributed by atoms with Crippen molar-refractivity contribution in [1.82, 2.24) is 5.43 Å². The Kier molecular flexibility index (Phi) is 3.26. The summed E-state index contributed by atoms with van der Waals surface area (Å²) < 4.78 is 24.8. The number of benzene rings is 1. The van der Waals surface area contributed by atoms with Gasteiger partial charge < -0.3 is 9.15 Å². The van der Waals surface area contributed by atoms with Crippen molar-refractivity contribution in [2.24, 2.45) is 11.8 Å². The SMILES string of the molecule is COC(C1CC1)C(NN)c1cc2cccc(F)c2o1. The Hall–Kier alpha value is -1.43. The first-order valence-electron chi connectivity index (χ1n) is 6.41. The number of ether oxygens (including phenoxy) is 1. The summed E-state index contributed by atoms with van der Waals surface area (Å²) in [6, 6.07) is 6.42. The second kappa shape index (κ2) is 4.92. The number of rotatable bonds is 5. The van der Waals surface area contributed by atoms with Crippen molar-refractivity contribution < 1.29 is 13.5 Å². The second-order valence-corrected chi connectivity index (χ2v) is 4.99. The molecule has 1 heterocycles. The van der Waals surface area contributed by atoms with E-state index in [2.05, 4.69) is 5.43 Å². The van der Waals surface area contributed by atoms with Crippen molar-refractivity contribution in [3.8, 4) is 0 Å². The van der Waals surface area contributed by atoms with Gasteiger partial charge in [0.2, 0.25) is 0 Å². The second-order valence-electron chi connectivity index (χ2n) is 4.99. The van der Waals surface area contributed by atoms with Crippen molar-refractivity contribution >= 4 is 11.0 Å². The fourth-order valence-corrected chi connectivity index (χ4v) is 2.57. The number of hydrazine groups is 1. The predicted octanol–water partition coefficient (Wildman–Crippen LogP) is 2.50. The fraction of sp³-hybridized carbons (Fsp3) is 0.429. The molecule has 1 fully saturated rings. The van der Waals surface area contributed by atoms with E-state index in [1.165, 1.54) is 6.07 Å². The maximum absolute atomic E-state index is 13.6. The molecule has 2 unspecified atom stereocenters. The van der Waals surface area contributed by atoms with Crippen LogP contribution in [0.2, 0.25) is 0 Å². The highest BCUT2D eigenvalue weighted by Gasteiger charge is 2.38. The molecule has 0 bridgehead atoms. The number of furan rings is 1. The molecular formula is C14H17FN2O2. The molecule has 2 aromatic rings. The summed E-state index contributed by atoms with van der Waals surface area (Å²) in [5, 5.41) is 0.737. The van der Waals surface area contributed by atoms with E-state index in [-0.39, 0.29) is 23.5 Å². The van der Waals surface area contributed by atoms with Crippen molar-refractivity contribution in [1.29, 1.82) is 0 Å². The molecule has 0 radical (unpaired) electrons. The fourth-order valence-electron chi connectivity index (χ4n) is 2.57. The van der Waals surface area contributed by atoms with Gasteiger partial charge in [0.05, 0.1) is 6.10 Å². The number of hydrogen-bond acceptors (Lipinski definition) is 4. The van der Waals surface area contributed by atoms with Crippen LogP contribution in [0, 0.1) is 11.7 Å². The zero-order chi connectivity index (χ0) is 13.4. The average molecular weight is 264 g/mol. The van der Waals surface area contributed by atoms with Gasteiger partial charge >= 0.3 is 0 Å². The highest BCUT2D eigenvalue weighted by atomic mass is 19.1. The minimum atomic E-state index is -0.361. The third-order valence-corrected chi connectivity index (χ3v) is 3.69. The molecule has 4 nitrogen and oxygen atoms in total. The largest absolute Gasteiger partial charge is 0.456 e. The van der Waals surface area contributed by atoms with Gasteiger partial charge in [0.1, 0.15) is 11.8 Å². The van der Waals surface area contributed by atoms with Gasteiger partial charge in [-0.25, -0.2) is 9.82 Å². The van der Waals surface area contributed by atoms with Gasteiger partial charge in [0.15, 0.2) is 11.4 Å². The first kappa shape index (κ1) is 12.6. The molecule has 2 atom stereocenters. The molecule has 1 aromatic carbocycles. The molecule has 102 valence electrons. The van der Waals surface area contributed by atoms with Gasteiger partial charge in [0.25, 0.3) is 0 Å². The quantitative estimate of drug-likeness (QED) is 0.643. The van der Waals surface area contributed by atoms with Gasteiger partial charge in [0, 0.05) is 12.5 Å². The maximum atomic E-state index is 13.6. The minimum absolute atomic E-state index is 0.0476. The highest BCUT2D eigenvalue weighted by molar-refractivity contribution is 5.78. The number of halogens is 1. The number of hydrogen-bond donors (Lipinski definition) is 2. The van der Waals surface area contributed by atoms with E-state index >= 15 is 0 Å². The number of para-hydroxylation sites is 1. The van der Waals surface area contributed by atoms with Crippen LogP contribution in [0.15, 0.2) is 28.7 Å². The van der Waals surface area contributed by atoms with E-state index in [0.717, 1.165) is 18.2 Å². The lowest BCUT2D eigenvalue weighted by molar-refractivity contribution is 0.0444. The number of methoxy groups -OCH3 is 1. The Morgan fingerprint density at radius 1 is 1.47 bits per heavy atom. The Bertz CT molecular complexity index is 580. The van der Waals surface area contributed by atoms with Crippen molar-refractivity contribution in [2.45, 2.75) is 25.0 Å². The van der Waals surface area contributed by atoms with Crippen LogP contribution in [0.1, 0.15) is 24.6 Å². The van der Waals surface area contributed by atoms with E-state index in [0.29, 0.717) is 11.7 Å². The molecule has 1 saturated carbocycles. The van der Waals surface area contributed by atoms with Gasteiger partial charge in [-0.3, -0.25) is 5.84 Å². The molecule has 0 amide bonds. The Morgan fingerprint density at radius 3 is 2.84 bits per heavy atom. The van der Waals surface area contributed by atoms with Crippen molar-refractivity contribution in [3.63, 3.8) is 0 Å². The Labute approximate surface area is 110 Å². The van der Waals surface area contributed by atoms with Crippen LogP contribution in [0.25, 0.3) is 11.0 Å². The topological polar surface area (TPSA) is 60.4 Å². The summed E-state index contributed by atoms with van der Waals surface area (Å²) in [6.45, 7) is 0. The van der Waals surface area contributed by atoms with Gasteiger partial charge in [-0.15, -0.1) is 0 Å². The van der Waals surface area contributed by atoms with E-state index in [4.69, 9.17) is 15.0 Å². The summed E-state index contributed by atoms with van der Waals surface area (Å²) in [4.78, 5) is 0. The van der Waals surface area contributed by atoms with E-state index < -0.39 is 0 Å². The molecule has 1 aliphatic rings. The molecule has 0 spiro atoms. The molecular weight excluding hydrogens is 247 g/mol. The Balaban J connectivity index is 1.98. The highest BCUT2D eigenvalue weighted by Crippen LogP contribution is 2.40. The summed E-state index contributed by atoms with van der Waals surface area (Å²) in [5.74, 6) is 6.36. The van der Waals surface area contributed by atoms with Crippen LogP contribution in [0.5, 0.6) is 0 Å². The van der Waals surface area contributed by atoms with Gasteiger partial charge in [-0.2, -0.15) is 0 Å². The standard InChI is InChI=1S/C14H17FN2O2/c1-18-14(8-5-6-8)12(17-16)11-7-9-3-2-4-10(15)13(9)19-11/h2-4,7-8,12,14,17H,5-6,16H2,1H3. The molecule has 0 aliphatic heterocycles. The van der Waals surface area contributed by atoms with E-state index in [1.54, 1.807) is 13.2 Å². The van der Waals surface area contributed by atoms with Crippen LogP contribution in [0.3, 0.4) is 0 Å². The summed E-state index contributed by atoms with van der Waals surface area (Å²) in [5.41, 5.74) is 3.00. The first-order chi connectivity index (χ1) is 9.24. The monoisotopic (exact) mass is 264 g/mol. The summed E-state index contributed by atoms with van der Waals surface area (Å²) in [7, 11) is 1.66. The van der Waals surface area contributed by atoms with Gasteiger partial charge in [-0.05, 0) is 30.9 Å². The molecule has 19 heavy (non-hydrogen) atoms. The molecule has 0 saturated heterocycles. The normalized spacial score (nSPS) is 18.7. The maximum Gasteiger partial charge on any atom is 0.169 e. The lowest BCUT2D eigenvalue weighted by Gasteiger charge is -2.23. The first-order valence-corrected chi connectivity index (χ1v) is 6.41. The third kappa shape index (κ3) is 2.25. The lowest BCUT2D eigenvalue weighted by Crippen LogP contribution is -2.38. The van der Waals surface area contributed by atoms with Gasteiger partial charge in [-0.1, -0.05) is 12.1 Å². The van der Waals surface area contributed by atoms with Crippen molar-refractivity contribution in [3.05, 3.63) is 35.8 Å². The molecule has 3 rings (SSSR count). The minimum Gasteiger partial charge on any atom is -0.456 e. The number of nitrogens with one attached hydrogen (secondary N) is 1. The zero-order valence-electron chi connectivity index (χ0n) is 10.7. The Morgan fingerprint density at radius 2 is 2.26 bits per heavy atom. The number of fused-ring (bicyclic) bond motifs is 1. The third-order valence-electron chi connectivity index (χ3n) is 3.69. The molecule has 5 heteroatoms. The van der Waals surface area contributed by atoms with Crippen LogP contribution < -0.4 is 11.3 Å². The molecule has 1 aromatic heterocycles. The summed E-state index contributed by atoms with van der Waals surface area (Å²) in [6.07, 6.45) is 2.21. The van der Waals surface area contributed by atoms with E-state index in [9.17, 15) is 4.39 Å². The van der Waals surface area contributed by atoms with Crippen molar-refractivity contribution in [2.75, 3.05) is 7.11 Å². The van der Waals surface area contributed by atoms with Crippen LogP contribution in [-0.2, 0) is 4.74 Å². The zero-order valence-corrected chi connectivity index (χ0v) is 10.7. The van der Waals surface area contributed by atoms with Crippen LogP contribution >= 0.6 is 0 Å².